The van der Waals surface area contributed by atoms with Gasteiger partial charge < -0.3 is 40.2 Å². The Labute approximate surface area is 326 Å². The van der Waals surface area contributed by atoms with Crippen LogP contribution >= 0.6 is 0 Å². The van der Waals surface area contributed by atoms with E-state index < -0.39 is 70.8 Å². The van der Waals surface area contributed by atoms with Gasteiger partial charge in [-0.1, -0.05) is 74.5 Å². The molecule has 13 nitrogen and oxygen atoms in total. The van der Waals surface area contributed by atoms with Gasteiger partial charge in [-0.3, -0.25) is 14.4 Å². The molecule has 0 aromatic heterocycles. The molecule has 4 amide bonds. The maximum absolute atomic E-state index is 14.6. The van der Waals surface area contributed by atoms with Crippen molar-refractivity contribution in [1.82, 2.24) is 21.3 Å². The smallest absolute Gasteiger partial charge is 0.408 e. The van der Waals surface area contributed by atoms with Crippen molar-refractivity contribution in [3.63, 3.8) is 0 Å². The van der Waals surface area contributed by atoms with E-state index in [-0.39, 0.29) is 51.3 Å². The van der Waals surface area contributed by atoms with Crippen molar-refractivity contribution in [2.45, 2.75) is 91.4 Å². The first-order valence-electron chi connectivity index (χ1n) is 18.1. The number of rotatable bonds is 19. The first-order chi connectivity index (χ1) is 26.4. The van der Waals surface area contributed by atoms with Crippen LogP contribution in [-0.2, 0) is 53.0 Å². The van der Waals surface area contributed by atoms with Crippen LogP contribution < -0.4 is 21.3 Å². The van der Waals surface area contributed by atoms with Gasteiger partial charge in [-0.15, -0.1) is 0 Å². The van der Waals surface area contributed by atoms with Gasteiger partial charge in [0.05, 0.1) is 13.2 Å². The number of carbonyl (C=O) groups excluding carboxylic acids is 5. The van der Waals surface area contributed by atoms with Gasteiger partial charge >= 0.3 is 18.2 Å². The van der Waals surface area contributed by atoms with Crippen LogP contribution in [0.25, 0.3) is 0 Å². The van der Waals surface area contributed by atoms with E-state index >= 15 is 0 Å². The Balaban J connectivity index is 1.65. The molecule has 4 N–H and O–H groups in total. The fraction of sp³-hybridized carbons (Fsp3) is 0.439. The van der Waals surface area contributed by atoms with Crippen molar-refractivity contribution in [1.29, 1.82) is 0 Å². The number of esters is 1. The van der Waals surface area contributed by atoms with Gasteiger partial charge in [-0.2, -0.15) is 0 Å². The molecular formula is C41H52F2N4O9. The van der Waals surface area contributed by atoms with Gasteiger partial charge in [0.2, 0.25) is 12.0 Å². The maximum atomic E-state index is 14.6. The van der Waals surface area contributed by atoms with Crippen LogP contribution in [0.1, 0.15) is 64.7 Å². The molecule has 0 fully saturated rings. The lowest BCUT2D eigenvalue weighted by atomic mass is 9.93. The molecule has 3 rings (SSSR count). The highest BCUT2D eigenvalue weighted by Crippen LogP contribution is 2.17. The molecule has 0 saturated heterocycles. The van der Waals surface area contributed by atoms with Gasteiger partial charge in [-0.25, -0.2) is 18.4 Å². The Morgan fingerprint density at radius 1 is 0.750 bits per heavy atom. The number of benzene rings is 3. The van der Waals surface area contributed by atoms with Crippen molar-refractivity contribution < 1.29 is 51.7 Å². The van der Waals surface area contributed by atoms with Gasteiger partial charge in [0.1, 0.15) is 29.9 Å². The van der Waals surface area contributed by atoms with E-state index in [0.717, 1.165) is 36.2 Å². The maximum Gasteiger partial charge on any atom is 0.408 e. The zero-order valence-corrected chi connectivity index (χ0v) is 32.6. The molecule has 15 heteroatoms. The number of halogens is 2. The minimum absolute atomic E-state index is 0.0180. The Morgan fingerprint density at radius 2 is 1.36 bits per heavy atom. The molecular weight excluding hydrogens is 730 g/mol. The molecule has 56 heavy (non-hydrogen) atoms. The normalized spacial score (nSPS) is 13.0. The topological polar surface area (TPSA) is 170 Å². The highest BCUT2D eigenvalue weighted by molar-refractivity contribution is 5.85. The number of ether oxygens (including phenoxy) is 4. The van der Waals surface area contributed by atoms with Gasteiger partial charge in [-0.05, 0) is 67.5 Å². The summed E-state index contributed by atoms with van der Waals surface area (Å²) in [7, 11) is 0. The average molecular weight is 783 g/mol. The molecule has 3 aromatic rings. The lowest BCUT2D eigenvalue weighted by Crippen LogP contribution is -2.56. The van der Waals surface area contributed by atoms with Crippen molar-refractivity contribution >= 4 is 30.0 Å². The molecule has 304 valence electrons. The van der Waals surface area contributed by atoms with Crippen molar-refractivity contribution in [3.8, 4) is 0 Å². The van der Waals surface area contributed by atoms with Gasteiger partial charge in [0, 0.05) is 32.5 Å². The molecule has 0 aliphatic rings. The molecule has 0 radical (unpaired) electrons. The SMILES string of the molecule is CC(=O)O[C@H](C(=O)NCC(C)(C)CNC(=O)CC(Cc1cc(F)ccc1F)NC(=O)OCc1ccccc1)[C@@H](COCc1ccccc1)NC(=O)OC(C)(C)C. The predicted molar refractivity (Wildman–Crippen MR) is 203 cm³/mol. The van der Waals surface area contributed by atoms with Crippen LogP contribution in [-0.4, -0.2) is 73.5 Å². The number of carbonyl (C=O) groups is 5. The Hall–Kier alpha value is -5.57. The summed E-state index contributed by atoms with van der Waals surface area (Å²) >= 11 is 0. The molecule has 0 spiro atoms. The summed E-state index contributed by atoms with van der Waals surface area (Å²) in [4.78, 5) is 64.4. The first-order valence-corrected chi connectivity index (χ1v) is 18.1. The van der Waals surface area contributed by atoms with Crippen molar-refractivity contribution in [3.05, 3.63) is 107 Å². The van der Waals surface area contributed by atoms with E-state index in [1.54, 1.807) is 58.9 Å². The number of nitrogens with one attached hydrogen (secondary N) is 4. The van der Waals surface area contributed by atoms with Crippen LogP contribution in [0.15, 0.2) is 78.9 Å². The van der Waals surface area contributed by atoms with Crippen LogP contribution in [0.3, 0.4) is 0 Å². The molecule has 0 bridgehead atoms. The van der Waals surface area contributed by atoms with Crippen LogP contribution in [0.5, 0.6) is 0 Å². The second-order valence-electron chi connectivity index (χ2n) is 15.0. The summed E-state index contributed by atoms with van der Waals surface area (Å²) < 4.78 is 50.4. The molecule has 3 atom stereocenters. The zero-order valence-electron chi connectivity index (χ0n) is 32.6. The molecule has 0 heterocycles. The van der Waals surface area contributed by atoms with Crippen LogP contribution in [0.4, 0.5) is 18.4 Å². The third kappa shape index (κ3) is 17.3. The van der Waals surface area contributed by atoms with E-state index in [2.05, 4.69) is 21.3 Å². The fourth-order valence-electron chi connectivity index (χ4n) is 5.23. The monoisotopic (exact) mass is 782 g/mol. The average Bonchev–Trinajstić information content (AvgIpc) is 3.12. The van der Waals surface area contributed by atoms with Crippen molar-refractivity contribution in [2.75, 3.05) is 19.7 Å². The highest BCUT2D eigenvalue weighted by atomic mass is 19.1. The van der Waals surface area contributed by atoms with Gasteiger partial charge in [0.25, 0.3) is 5.91 Å². The minimum Gasteiger partial charge on any atom is -0.450 e. The van der Waals surface area contributed by atoms with E-state index in [1.807, 2.05) is 36.4 Å². The van der Waals surface area contributed by atoms with Crippen LogP contribution in [0.2, 0.25) is 0 Å². The highest BCUT2D eigenvalue weighted by Gasteiger charge is 2.35. The Morgan fingerprint density at radius 3 is 1.96 bits per heavy atom. The number of hydrogen-bond donors (Lipinski definition) is 4. The number of hydrogen-bond acceptors (Lipinski definition) is 9. The third-order valence-corrected chi connectivity index (χ3v) is 7.97. The van der Waals surface area contributed by atoms with Crippen molar-refractivity contribution in [2.24, 2.45) is 5.41 Å². The molecule has 3 aromatic carbocycles. The second-order valence-corrected chi connectivity index (χ2v) is 15.0. The zero-order chi connectivity index (χ0) is 41.3. The first kappa shape index (κ1) is 44.8. The summed E-state index contributed by atoms with van der Waals surface area (Å²) in [6.45, 7) is 9.56. The summed E-state index contributed by atoms with van der Waals surface area (Å²) in [6, 6.07) is 18.9. The minimum atomic E-state index is -1.52. The summed E-state index contributed by atoms with van der Waals surface area (Å²) in [6.07, 6.45) is -3.73. The molecule has 1 unspecified atom stereocenters. The summed E-state index contributed by atoms with van der Waals surface area (Å²) in [5.41, 5.74) is -0.109. The van der Waals surface area contributed by atoms with E-state index in [9.17, 15) is 32.8 Å². The quantitative estimate of drug-likeness (QED) is 0.0907. The second kappa shape index (κ2) is 21.5. The molecule has 0 saturated carbocycles. The predicted octanol–water partition coefficient (Wildman–Crippen LogP) is 5.49. The van der Waals surface area contributed by atoms with E-state index in [1.165, 1.54) is 0 Å². The Bertz CT molecular complexity index is 1750. The lowest BCUT2D eigenvalue weighted by molar-refractivity contribution is -0.157. The lowest BCUT2D eigenvalue weighted by Gasteiger charge is -2.30. The fourth-order valence-corrected chi connectivity index (χ4v) is 5.23. The van der Waals surface area contributed by atoms with E-state index in [0.29, 0.717) is 0 Å². The Kier molecular flexibility index (Phi) is 17.2. The summed E-state index contributed by atoms with van der Waals surface area (Å²) in [5.74, 6) is -3.42. The summed E-state index contributed by atoms with van der Waals surface area (Å²) in [5, 5.41) is 10.7. The largest absolute Gasteiger partial charge is 0.450 e. The molecule has 0 aliphatic carbocycles. The van der Waals surface area contributed by atoms with E-state index in [4.69, 9.17) is 18.9 Å². The number of alkyl carbamates (subject to hydrolysis) is 2. The standard InChI is InChI=1S/C41H52F2N4O9/c1-27(48)55-36(34(47-39(52)56-40(2,3)4)24-53-22-28-13-9-7-10-14-28)37(50)45-26-41(5,6)25-44-35(49)21-32(20-30-19-31(42)17-18-33(30)43)46-38(51)54-23-29-15-11-8-12-16-29/h7-19,32,34,36H,20-26H2,1-6H3,(H,44,49)(H,45,50)(H,46,51)(H,47,52)/t32?,34-,36+/m1/s1. The molecule has 0 aliphatic heterocycles. The third-order valence-electron chi connectivity index (χ3n) is 7.97. The number of amides is 4. The van der Waals surface area contributed by atoms with Crippen LogP contribution in [0, 0.1) is 17.0 Å². The van der Waals surface area contributed by atoms with Gasteiger partial charge in [0.15, 0.2) is 0 Å².